The smallest absolute Gasteiger partial charge is 0.308 e. The fraction of sp³-hybridized carbons (Fsp3) is 0.933. The lowest BCUT2D eigenvalue weighted by molar-refractivity contribution is -0.160. The number of esters is 1. The van der Waals surface area contributed by atoms with Crippen molar-refractivity contribution in [2.24, 2.45) is 23.7 Å². The molecule has 0 saturated heterocycles. The Morgan fingerprint density at radius 3 is 2.47 bits per heavy atom. The van der Waals surface area contributed by atoms with Gasteiger partial charge in [0, 0.05) is 0 Å². The van der Waals surface area contributed by atoms with E-state index >= 15 is 0 Å². The standard InChI is InChI=1S/C15H28O2/c1-6-12(5)15(16)17-14-9-11(4)7-8-13(14)10(2)3/h10-14H,6-9H2,1-5H3/t11-,12+,13-,14-/m1/s1. The third-order valence-electron chi connectivity index (χ3n) is 4.24. The highest BCUT2D eigenvalue weighted by atomic mass is 16.5. The van der Waals surface area contributed by atoms with Crippen LogP contribution in [0.15, 0.2) is 0 Å². The molecule has 0 spiro atoms. The molecule has 0 unspecified atom stereocenters. The van der Waals surface area contributed by atoms with Crippen LogP contribution in [0.4, 0.5) is 0 Å². The first-order valence-electron chi connectivity index (χ1n) is 7.16. The Balaban J connectivity index is 2.60. The molecule has 0 radical (unpaired) electrons. The summed E-state index contributed by atoms with van der Waals surface area (Å²) in [6.07, 6.45) is 4.55. The molecular formula is C15H28O2. The Labute approximate surface area is 106 Å². The number of hydrogen-bond acceptors (Lipinski definition) is 2. The van der Waals surface area contributed by atoms with Gasteiger partial charge in [-0.15, -0.1) is 0 Å². The van der Waals surface area contributed by atoms with E-state index in [1.807, 2.05) is 13.8 Å². The molecule has 1 saturated carbocycles. The van der Waals surface area contributed by atoms with E-state index < -0.39 is 0 Å². The molecule has 0 aliphatic heterocycles. The molecule has 2 nitrogen and oxygen atoms in total. The Morgan fingerprint density at radius 2 is 1.94 bits per heavy atom. The average Bonchev–Trinajstić information content (AvgIpc) is 2.27. The molecule has 0 amide bonds. The first-order valence-corrected chi connectivity index (χ1v) is 7.16. The molecule has 1 aliphatic rings. The van der Waals surface area contributed by atoms with E-state index in [1.54, 1.807) is 0 Å². The zero-order valence-electron chi connectivity index (χ0n) is 12.0. The van der Waals surface area contributed by atoms with Crippen LogP contribution in [0.3, 0.4) is 0 Å². The number of ether oxygens (including phenoxy) is 1. The second-order valence-electron chi connectivity index (χ2n) is 6.11. The Kier molecular flexibility index (Phi) is 5.48. The molecule has 1 aliphatic carbocycles. The summed E-state index contributed by atoms with van der Waals surface area (Å²) >= 11 is 0. The lowest BCUT2D eigenvalue weighted by Gasteiger charge is -2.37. The van der Waals surface area contributed by atoms with Crippen LogP contribution in [-0.4, -0.2) is 12.1 Å². The Bertz CT molecular complexity index is 247. The third-order valence-corrected chi connectivity index (χ3v) is 4.24. The van der Waals surface area contributed by atoms with Crippen LogP contribution in [0.2, 0.25) is 0 Å². The molecule has 0 bridgehead atoms. The van der Waals surface area contributed by atoms with Crippen molar-refractivity contribution < 1.29 is 9.53 Å². The van der Waals surface area contributed by atoms with Gasteiger partial charge < -0.3 is 4.74 Å². The fourth-order valence-corrected chi connectivity index (χ4v) is 2.68. The predicted molar refractivity (Wildman–Crippen MR) is 70.7 cm³/mol. The molecule has 0 N–H and O–H groups in total. The van der Waals surface area contributed by atoms with Crippen LogP contribution < -0.4 is 0 Å². The zero-order valence-corrected chi connectivity index (χ0v) is 12.0. The summed E-state index contributed by atoms with van der Waals surface area (Å²) < 4.78 is 5.75. The van der Waals surface area contributed by atoms with E-state index in [-0.39, 0.29) is 18.0 Å². The van der Waals surface area contributed by atoms with Gasteiger partial charge in [-0.25, -0.2) is 0 Å². The van der Waals surface area contributed by atoms with Gasteiger partial charge in [0.05, 0.1) is 5.92 Å². The Hall–Kier alpha value is -0.530. The molecule has 0 heterocycles. The molecule has 1 fully saturated rings. The SMILES string of the molecule is CC[C@H](C)C(=O)O[C@@H]1C[C@H](C)CC[C@@H]1C(C)C. The maximum atomic E-state index is 11.9. The van der Waals surface area contributed by atoms with Crippen molar-refractivity contribution in [3.8, 4) is 0 Å². The van der Waals surface area contributed by atoms with Crippen molar-refractivity contribution in [1.82, 2.24) is 0 Å². The van der Waals surface area contributed by atoms with E-state index in [0.717, 1.165) is 12.8 Å². The van der Waals surface area contributed by atoms with E-state index in [4.69, 9.17) is 4.74 Å². The van der Waals surface area contributed by atoms with E-state index in [0.29, 0.717) is 17.8 Å². The minimum absolute atomic E-state index is 0.00255. The molecule has 1 rings (SSSR count). The summed E-state index contributed by atoms with van der Waals surface area (Å²) in [4.78, 5) is 11.9. The quantitative estimate of drug-likeness (QED) is 0.693. The van der Waals surface area contributed by atoms with Gasteiger partial charge in [0.15, 0.2) is 0 Å². The summed E-state index contributed by atoms with van der Waals surface area (Å²) in [5, 5.41) is 0. The maximum absolute atomic E-state index is 11.9. The number of carbonyl (C=O) groups is 1. The zero-order chi connectivity index (χ0) is 13.0. The normalized spacial score (nSPS) is 31.3. The molecule has 0 aromatic heterocycles. The monoisotopic (exact) mass is 240 g/mol. The summed E-state index contributed by atoms with van der Waals surface area (Å²) in [5.41, 5.74) is 0. The largest absolute Gasteiger partial charge is 0.462 e. The van der Waals surface area contributed by atoms with Gasteiger partial charge in [-0.05, 0) is 37.0 Å². The van der Waals surface area contributed by atoms with Crippen molar-refractivity contribution in [2.75, 3.05) is 0 Å². The van der Waals surface area contributed by atoms with Crippen molar-refractivity contribution >= 4 is 5.97 Å². The van der Waals surface area contributed by atoms with E-state index in [1.165, 1.54) is 12.8 Å². The third kappa shape index (κ3) is 4.01. The van der Waals surface area contributed by atoms with Crippen LogP contribution >= 0.6 is 0 Å². The highest BCUT2D eigenvalue weighted by Crippen LogP contribution is 2.35. The van der Waals surface area contributed by atoms with Gasteiger partial charge in [0.25, 0.3) is 0 Å². The average molecular weight is 240 g/mol. The molecular weight excluding hydrogens is 212 g/mol. The van der Waals surface area contributed by atoms with Gasteiger partial charge in [0.1, 0.15) is 6.10 Å². The highest BCUT2D eigenvalue weighted by Gasteiger charge is 2.33. The maximum Gasteiger partial charge on any atom is 0.308 e. The van der Waals surface area contributed by atoms with Gasteiger partial charge >= 0.3 is 5.97 Å². The lowest BCUT2D eigenvalue weighted by Crippen LogP contribution is -2.37. The van der Waals surface area contributed by atoms with Gasteiger partial charge in [-0.2, -0.15) is 0 Å². The second kappa shape index (κ2) is 6.42. The summed E-state index contributed by atoms with van der Waals surface area (Å²) in [6.45, 7) is 10.7. The van der Waals surface area contributed by atoms with Crippen LogP contribution in [0, 0.1) is 23.7 Å². The van der Waals surface area contributed by atoms with Gasteiger partial charge in [-0.1, -0.05) is 41.0 Å². The summed E-state index contributed by atoms with van der Waals surface area (Å²) in [5.74, 6) is 1.90. The number of carbonyl (C=O) groups excluding carboxylic acids is 1. The Morgan fingerprint density at radius 1 is 1.29 bits per heavy atom. The van der Waals surface area contributed by atoms with E-state index in [9.17, 15) is 4.79 Å². The molecule has 0 aromatic rings. The number of rotatable bonds is 4. The topological polar surface area (TPSA) is 26.3 Å². The van der Waals surface area contributed by atoms with Crippen LogP contribution in [0.25, 0.3) is 0 Å². The van der Waals surface area contributed by atoms with E-state index in [2.05, 4.69) is 20.8 Å². The van der Waals surface area contributed by atoms with Crippen LogP contribution in [0.5, 0.6) is 0 Å². The molecule has 100 valence electrons. The minimum Gasteiger partial charge on any atom is -0.462 e. The first-order chi connectivity index (χ1) is 7.95. The number of hydrogen-bond donors (Lipinski definition) is 0. The molecule has 2 heteroatoms. The highest BCUT2D eigenvalue weighted by molar-refractivity contribution is 5.72. The molecule has 0 aromatic carbocycles. The van der Waals surface area contributed by atoms with Crippen molar-refractivity contribution in [3.05, 3.63) is 0 Å². The summed E-state index contributed by atoms with van der Waals surface area (Å²) in [7, 11) is 0. The molecule has 17 heavy (non-hydrogen) atoms. The predicted octanol–water partition coefficient (Wildman–Crippen LogP) is 4.04. The second-order valence-corrected chi connectivity index (χ2v) is 6.11. The van der Waals surface area contributed by atoms with Gasteiger partial charge in [0.2, 0.25) is 0 Å². The van der Waals surface area contributed by atoms with Gasteiger partial charge in [-0.3, -0.25) is 4.79 Å². The summed E-state index contributed by atoms with van der Waals surface area (Å²) in [6, 6.07) is 0. The first kappa shape index (κ1) is 14.5. The van der Waals surface area contributed by atoms with Crippen LogP contribution in [0.1, 0.15) is 60.3 Å². The molecule has 4 atom stereocenters. The van der Waals surface area contributed by atoms with Crippen molar-refractivity contribution in [2.45, 2.75) is 66.4 Å². The fourth-order valence-electron chi connectivity index (χ4n) is 2.68. The van der Waals surface area contributed by atoms with Crippen molar-refractivity contribution in [3.63, 3.8) is 0 Å². The van der Waals surface area contributed by atoms with Crippen LogP contribution in [-0.2, 0) is 9.53 Å². The minimum atomic E-state index is -0.00255. The lowest BCUT2D eigenvalue weighted by atomic mass is 9.75. The van der Waals surface area contributed by atoms with Crippen molar-refractivity contribution in [1.29, 1.82) is 0 Å².